The van der Waals surface area contributed by atoms with Crippen molar-refractivity contribution in [2.24, 2.45) is 0 Å². The highest BCUT2D eigenvalue weighted by Gasteiger charge is 2.17. The lowest BCUT2D eigenvalue weighted by atomic mass is 10.1. The molecule has 0 aliphatic heterocycles. The zero-order chi connectivity index (χ0) is 22.2. The number of amides is 1. The topological polar surface area (TPSA) is 68.9 Å². The number of nitrogens with one attached hydrogen (secondary N) is 1. The van der Waals surface area contributed by atoms with E-state index in [0.717, 1.165) is 28.1 Å². The third-order valence-electron chi connectivity index (χ3n) is 5.74. The van der Waals surface area contributed by atoms with E-state index in [1.807, 2.05) is 89.8 Å². The van der Waals surface area contributed by atoms with Crippen LogP contribution in [-0.2, 0) is 11.3 Å². The second-order valence-corrected chi connectivity index (χ2v) is 7.79. The minimum Gasteiger partial charge on any atom is -0.331 e. The van der Waals surface area contributed by atoms with E-state index >= 15 is 0 Å². The highest BCUT2D eigenvalue weighted by Crippen LogP contribution is 2.24. The first-order valence-corrected chi connectivity index (χ1v) is 10.5. The molecule has 6 nitrogen and oxygen atoms in total. The Morgan fingerprint density at radius 3 is 2.03 bits per heavy atom. The van der Waals surface area contributed by atoms with Crippen molar-refractivity contribution in [1.29, 1.82) is 0 Å². The van der Waals surface area contributed by atoms with Crippen LogP contribution in [0, 0.1) is 13.8 Å². The van der Waals surface area contributed by atoms with Crippen LogP contribution in [0.1, 0.15) is 11.4 Å². The Hall–Kier alpha value is -4.19. The van der Waals surface area contributed by atoms with Gasteiger partial charge < -0.3 is 9.88 Å². The Morgan fingerprint density at radius 1 is 0.844 bits per heavy atom. The molecule has 0 saturated heterocycles. The number of carbonyl (C=O) groups excluding carboxylic acids is 1. The maximum absolute atomic E-state index is 13.2. The molecule has 5 rings (SSSR count). The van der Waals surface area contributed by atoms with Gasteiger partial charge in [0, 0.05) is 10.8 Å². The number of para-hydroxylation sites is 3. The van der Waals surface area contributed by atoms with Crippen molar-refractivity contribution >= 4 is 33.4 Å². The van der Waals surface area contributed by atoms with Gasteiger partial charge in [-0.1, -0.05) is 42.5 Å². The molecule has 5 aromatic rings. The van der Waals surface area contributed by atoms with Crippen LogP contribution < -0.4 is 10.7 Å². The zero-order valence-corrected chi connectivity index (χ0v) is 17.9. The van der Waals surface area contributed by atoms with Gasteiger partial charge in [-0.05, 0) is 50.2 Å². The molecule has 0 saturated carbocycles. The fourth-order valence-corrected chi connectivity index (χ4v) is 4.21. The molecule has 2 heterocycles. The molecule has 32 heavy (non-hydrogen) atoms. The number of aromatic nitrogens is 3. The number of nitrogens with zero attached hydrogens (tertiary/aromatic N) is 3. The van der Waals surface area contributed by atoms with Gasteiger partial charge >= 0.3 is 0 Å². The molecule has 0 radical (unpaired) electrons. The van der Waals surface area contributed by atoms with E-state index in [0.29, 0.717) is 16.5 Å². The van der Waals surface area contributed by atoms with Crippen LogP contribution in [0.5, 0.6) is 0 Å². The first-order chi connectivity index (χ1) is 15.5. The van der Waals surface area contributed by atoms with Crippen molar-refractivity contribution in [1.82, 2.24) is 14.3 Å². The summed E-state index contributed by atoms with van der Waals surface area (Å²) in [5, 5.41) is 8.85. The first-order valence-electron chi connectivity index (χ1n) is 10.5. The number of benzene rings is 3. The van der Waals surface area contributed by atoms with Crippen LogP contribution in [0.4, 0.5) is 5.69 Å². The summed E-state index contributed by atoms with van der Waals surface area (Å²) in [5.74, 6) is -0.178. The van der Waals surface area contributed by atoms with E-state index in [1.54, 1.807) is 12.1 Å². The molecule has 0 unspecified atom stereocenters. The molecule has 158 valence electrons. The number of hydrogen-bond acceptors (Lipinski definition) is 3. The fraction of sp³-hybridized carbons (Fsp3) is 0.115. The number of anilines is 1. The van der Waals surface area contributed by atoms with E-state index in [2.05, 4.69) is 10.4 Å². The third kappa shape index (κ3) is 3.26. The summed E-state index contributed by atoms with van der Waals surface area (Å²) < 4.78 is 3.72. The Morgan fingerprint density at radius 2 is 1.41 bits per heavy atom. The molecule has 0 bridgehead atoms. The minimum atomic E-state index is -0.178. The average Bonchev–Trinajstić information content (AvgIpc) is 3.10. The average molecular weight is 422 g/mol. The summed E-state index contributed by atoms with van der Waals surface area (Å²) in [5.41, 5.74) is 4.69. The predicted molar refractivity (Wildman–Crippen MR) is 127 cm³/mol. The van der Waals surface area contributed by atoms with Crippen LogP contribution in [0.25, 0.3) is 27.5 Å². The molecule has 2 aromatic heterocycles. The lowest BCUT2D eigenvalue weighted by Crippen LogP contribution is -2.22. The van der Waals surface area contributed by atoms with E-state index in [4.69, 9.17) is 0 Å². The molecule has 3 aromatic carbocycles. The molecule has 6 heteroatoms. The standard InChI is InChI=1S/C26H22N4O2/c1-17-25(18(2)30(28-17)19-10-4-3-5-11-19)27-24(31)16-29-22-14-8-6-12-20(22)26(32)21-13-7-9-15-23(21)29/h3-15H,16H2,1-2H3,(H,27,31). The molecule has 0 aliphatic carbocycles. The first kappa shape index (κ1) is 19.8. The van der Waals surface area contributed by atoms with Gasteiger partial charge in [0.15, 0.2) is 5.43 Å². The van der Waals surface area contributed by atoms with Gasteiger partial charge in [0.2, 0.25) is 5.91 Å². The summed E-state index contributed by atoms with van der Waals surface area (Å²) in [6.07, 6.45) is 0. The van der Waals surface area contributed by atoms with Gasteiger partial charge in [0.1, 0.15) is 6.54 Å². The molecule has 0 aliphatic rings. The normalized spacial score (nSPS) is 11.2. The van der Waals surface area contributed by atoms with Crippen molar-refractivity contribution in [3.8, 4) is 5.69 Å². The summed E-state index contributed by atoms with van der Waals surface area (Å²) in [6.45, 7) is 3.90. The van der Waals surface area contributed by atoms with Crippen LogP contribution in [-0.4, -0.2) is 20.3 Å². The van der Waals surface area contributed by atoms with Gasteiger partial charge in [-0.3, -0.25) is 9.59 Å². The SMILES string of the molecule is Cc1nn(-c2ccccc2)c(C)c1NC(=O)Cn1c2ccccc2c(=O)c2ccccc21. The number of hydrogen-bond donors (Lipinski definition) is 1. The monoisotopic (exact) mass is 422 g/mol. The van der Waals surface area contributed by atoms with E-state index in [-0.39, 0.29) is 17.9 Å². The zero-order valence-electron chi connectivity index (χ0n) is 17.9. The number of rotatable bonds is 4. The van der Waals surface area contributed by atoms with Gasteiger partial charge in [0.05, 0.1) is 33.8 Å². The largest absolute Gasteiger partial charge is 0.331 e. The van der Waals surface area contributed by atoms with Crippen molar-refractivity contribution in [3.05, 3.63) is 100 Å². The minimum absolute atomic E-state index is 0.0244. The van der Waals surface area contributed by atoms with E-state index in [1.165, 1.54) is 0 Å². The number of carbonyl (C=O) groups is 1. The van der Waals surface area contributed by atoms with E-state index in [9.17, 15) is 9.59 Å². The second-order valence-electron chi connectivity index (χ2n) is 7.79. The number of pyridine rings is 1. The Labute approximate surface area is 184 Å². The van der Waals surface area contributed by atoms with Crippen molar-refractivity contribution in [2.75, 3.05) is 5.32 Å². The number of aryl methyl sites for hydroxylation is 1. The van der Waals surface area contributed by atoms with Crippen LogP contribution in [0.2, 0.25) is 0 Å². The second kappa shape index (κ2) is 7.81. The molecular weight excluding hydrogens is 400 g/mol. The summed E-state index contributed by atoms with van der Waals surface area (Å²) in [7, 11) is 0. The molecule has 0 atom stereocenters. The third-order valence-corrected chi connectivity index (χ3v) is 5.74. The van der Waals surface area contributed by atoms with Crippen molar-refractivity contribution < 1.29 is 4.79 Å². The van der Waals surface area contributed by atoms with Gasteiger partial charge in [0.25, 0.3) is 0 Å². The van der Waals surface area contributed by atoms with Crippen LogP contribution in [0.15, 0.2) is 83.7 Å². The van der Waals surface area contributed by atoms with Gasteiger partial charge in [-0.2, -0.15) is 5.10 Å². The number of fused-ring (bicyclic) bond motifs is 2. The molecular formula is C26H22N4O2. The quantitative estimate of drug-likeness (QED) is 0.431. The summed E-state index contributed by atoms with van der Waals surface area (Å²) in [4.78, 5) is 26.1. The maximum Gasteiger partial charge on any atom is 0.244 e. The van der Waals surface area contributed by atoms with Crippen LogP contribution >= 0.6 is 0 Å². The summed E-state index contributed by atoms with van der Waals surface area (Å²) in [6, 6.07) is 24.6. The van der Waals surface area contributed by atoms with E-state index < -0.39 is 0 Å². The highest BCUT2D eigenvalue weighted by atomic mass is 16.2. The van der Waals surface area contributed by atoms with Crippen molar-refractivity contribution in [2.45, 2.75) is 20.4 Å². The molecule has 1 amide bonds. The fourth-order valence-electron chi connectivity index (χ4n) is 4.21. The predicted octanol–water partition coefficient (Wildman–Crippen LogP) is 4.60. The smallest absolute Gasteiger partial charge is 0.244 e. The maximum atomic E-state index is 13.2. The molecule has 0 fully saturated rings. The molecule has 1 N–H and O–H groups in total. The lowest BCUT2D eigenvalue weighted by molar-refractivity contribution is -0.116. The lowest BCUT2D eigenvalue weighted by Gasteiger charge is -2.15. The Kier molecular flexibility index (Phi) is 4.82. The summed E-state index contributed by atoms with van der Waals surface area (Å²) >= 11 is 0. The highest BCUT2D eigenvalue weighted by molar-refractivity contribution is 5.97. The van der Waals surface area contributed by atoms with Gasteiger partial charge in [-0.25, -0.2) is 4.68 Å². The Balaban J connectivity index is 1.54. The Bertz CT molecular complexity index is 1470. The van der Waals surface area contributed by atoms with Crippen LogP contribution in [0.3, 0.4) is 0 Å². The van der Waals surface area contributed by atoms with Gasteiger partial charge in [-0.15, -0.1) is 0 Å². The van der Waals surface area contributed by atoms with Crippen molar-refractivity contribution in [3.63, 3.8) is 0 Å². The molecule has 0 spiro atoms.